The molecule has 2 fully saturated rings. The van der Waals surface area contributed by atoms with Crippen LogP contribution in [0, 0.1) is 19.8 Å². The van der Waals surface area contributed by atoms with E-state index in [1.165, 1.54) is 41.5 Å². The van der Waals surface area contributed by atoms with Crippen molar-refractivity contribution in [1.29, 1.82) is 0 Å². The van der Waals surface area contributed by atoms with E-state index >= 15 is 0 Å². The van der Waals surface area contributed by atoms with Crippen molar-refractivity contribution in [3.63, 3.8) is 0 Å². The van der Waals surface area contributed by atoms with Crippen LogP contribution in [-0.2, 0) is 4.79 Å². The van der Waals surface area contributed by atoms with E-state index in [2.05, 4.69) is 26.0 Å². The zero-order chi connectivity index (χ0) is 18.8. The molecule has 2 aromatic rings. The Labute approximate surface area is 165 Å². The summed E-state index contributed by atoms with van der Waals surface area (Å²) in [6.07, 6.45) is 9.15. The summed E-state index contributed by atoms with van der Waals surface area (Å²) in [4.78, 5) is 19.2. The number of carbonyl (C=O) groups is 1. The van der Waals surface area contributed by atoms with Gasteiger partial charge in [-0.2, -0.15) is 0 Å². The number of thiazole rings is 1. The quantitative estimate of drug-likeness (QED) is 0.704. The summed E-state index contributed by atoms with van der Waals surface area (Å²) in [5, 5.41) is 0.772. The van der Waals surface area contributed by atoms with Gasteiger partial charge in [-0.3, -0.25) is 4.79 Å². The lowest BCUT2D eigenvalue weighted by Gasteiger charge is -2.32. The van der Waals surface area contributed by atoms with Crippen LogP contribution in [0.25, 0.3) is 10.2 Å². The fourth-order valence-corrected chi connectivity index (χ4v) is 5.47. The number of hydrogen-bond acceptors (Lipinski definition) is 4. The van der Waals surface area contributed by atoms with Gasteiger partial charge in [0.25, 0.3) is 5.19 Å². The largest absolute Gasteiger partial charge is 0.467 e. The average molecular weight is 387 g/mol. The Hall–Kier alpha value is -1.62. The van der Waals surface area contributed by atoms with Crippen molar-refractivity contribution in [1.82, 2.24) is 9.88 Å². The Morgan fingerprint density at radius 1 is 1.15 bits per heavy atom. The molecule has 1 aromatic carbocycles. The van der Waals surface area contributed by atoms with E-state index in [1.54, 1.807) is 11.3 Å². The van der Waals surface area contributed by atoms with Gasteiger partial charge in [0.15, 0.2) is 0 Å². The summed E-state index contributed by atoms with van der Waals surface area (Å²) >= 11 is 1.65. The highest BCUT2D eigenvalue weighted by molar-refractivity contribution is 7.20. The molecule has 0 atom stereocenters. The Kier molecular flexibility index (Phi) is 5.67. The summed E-state index contributed by atoms with van der Waals surface area (Å²) < 4.78 is 7.42. The highest BCUT2D eigenvalue weighted by Crippen LogP contribution is 2.34. The molecule has 1 saturated heterocycles. The number of ether oxygens (including phenoxy) is 1. The monoisotopic (exact) mass is 386 g/mol. The molecule has 0 unspecified atom stereocenters. The van der Waals surface area contributed by atoms with Gasteiger partial charge in [-0.15, -0.1) is 0 Å². The molecule has 0 spiro atoms. The van der Waals surface area contributed by atoms with Gasteiger partial charge < -0.3 is 9.64 Å². The molecule has 1 aromatic heterocycles. The minimum absolute atomic E-state index is 0.171. The van der Waals surface area contributed by atoms with E-state index in [0.29, 0.717) is 5.91 Å². The van der Waals surface area contributed by atoms with Crippen LogP contribution in [0.1, 0.15) is 62.5 Å². The molecule has 0 N–H and O–H groups in total. The van der Waals surface area contributed by atoms with E-state index in [9.17, 15) is 4.79 Å². The number of rotatable bonds is 5. The lowest BCUT2D eigenvalue weighted by Crippen LogP contribution is -2.41. The third kappa shape index (κ3) is 4.29. The summed E-state index contributed by atoms with van der Waals surface area (Å²) in [7, 11) is 0. The van der Waals surface area contributed by atoms with Crippen molar-refractivity contribution in [2.24, 2.45) is 5.92 Å². The van der Waals surface area contributed by atoms with Crippen molar-refractivity contribution in [2.75, 3.05) is 13.1 Å². The van der Waals surface area contributed by atoms with Crippen LogP contribution >= 0.6 is 11.3 Å². The minimum atomic E-state index is 0.171. The number of hydrogen-bond donors (Lipinski definition) is 0. The summed E-state index contributed by atoms with van der Waals surface area (Å²) in [5.41, 5.74) is 3.52. The van der Waals surface area contributed by atoms with Gasteiger partial charge in [0.2, 0.25) is 5.91 Å². The van der Waals surface area contributed by atoms with Crippen LogP contribution in [0.4, 0.5) is 0 Å². The van der Waals surface area contributed by atoms with E-state index < -0.39 is 0 Å². The number of carbonyl (C=O) groups excluding carboxylic acids is 1. The van der Waals surface area contributed by atoms with Gasteiger partial charge in [0, 0.05) is 32.4 Å². The molecule has 1 saturated carbocycles. The maximum Gasteiger partial charge on any atom is 0.274 e. The maximum atomic E-state index is 12.5. The van der Waals surface area contributed by atoms with Crippen LogP contribution in [-0.4, -0.2) is 35.0 Å². The zero-order valence-electron chi connectivity index (χ0n) is 16.5. The zero-order valence-corrected chi connectivity index (χ0v) is 17.3. The predicted octanol–water partition coefficient (Wildman–Crippen LogP) is 5.25. The standard InChI is InChI=1S/C22H30N2O2S/c1-15-7-8-16(2)21-20(15)23-22(27-21)26-18-11-13-24(14-12-18)19(25)10-9-17-5-3-4-6-17/h7-8,17-18H,3-6,9-14H2,1-2H3. The number of likely N-dealkylation sites (tertiary alicyclic amines) is 1. The molecule has 1 amide bonds. The first-order chi connectivity index (χ1) is 13.1. The Morgan fingerprint density at radius 2 is 1.85 bits per heavy atom. The van der Waals surface area contributed by atoms with E-state index in [1.807, 2.05) is 4.90 Å². The molecule has 0 radical (unpaired) electrons. The molecule has 2 heterocycles. The van der Waals surface area contributed by atoms with Gasteiger partial charge >= 0.3 is 0 Å². The van der Waals surface area contributed by atoms with Crippen LogP contribution in [0.2, 0.25) is 0 Å². The van der Waals surface area contributed by atoms with Crippen molar-refractivity contribution in [3.8, 4) is 5.19 Å². The first kappa shape index (κ1) is 18.7. The lowest BCUT2D eigenvalue weighted by molar-refractivity contribution is -0.133. The van der Waals surface area contributed by atoms with Crippen LogP contribution in [0.5, 0.6) is 5.19 Å². The van der Waals surface area contributed by atoms with Crippen LogP contribution < -0.4 is 4.74 Å². The first-order valence-corrected chi connectivity index (χ1v) is 11.2. The van der Waals surface area contributed by atoms with Crippen molar-refractivity contribution in [3.05, 3.63) is 23.3 Å². The maximum absolute atomic E-state index is 12.5. The average Bonchev–Trinajstić information content (AvgIpc) is 3.34. The smallest absolute Gasteiger partial charge is 0.274 e. The number of nitrogens with zero attached hydrogens (tertiary/aromatic N) is 2. The molecular formula is C22H30N2O2S. The second-order valence-corrected chi connectivity index (χ2v) is 9.21. The molecular weight excluding hydrogens is 356 g/mol. The molecule has 5 heteroatoms. The number of amides is 1. The molecule has 4 rings (SSSR count). The van der Waals surface area contributed by atoms with Gasteiger partial charge in [-0.05, 0) is 37.3 Å². The number of benzene rings is 1. The summed E-state index contributed by atoms with van der Waals surface area (Å²) in [6, 6.07) is 4.27. The molecule has 146 valence electrons. The molecule has 4 nitrogen and oxygen atoms in total. The third-order valence-electron chi connectivity index (χ3n) is 6.23. The molecule has 2 aliphatic rings. The van der Waals surface area contributed by atoms with Gasteiger partial charge in [0.05, 0.1) is 10.2 Å². The van der Waals surface area contributed by atoms with Crippen LogP contribution in [0.3, 0.4) is 0 Å². The van der Waals surface area contributed by atoms with Crippen LogP contribution in [0.15, 0.2) is 12.1 Å². The van der Waals surface area contributed by atoms with Crippen molar-refractivity contribution >= 4 is 27.5 Å². The topological polar surface area (TPSA) is 42.4 Å². The summed E-state index contributed by atoms with van der Waals surface area (Å²) in [5.74, 6) is 1.13. The van der Waals surface area contributed by atoms with E-state index in [4.69, 9.17) is 9.72 Å². The Balaban J connectivity index is 1.28. The third-order valence-corrected chi connectivity index (χ3v) is 7.31. The molecule has 0 bridgehead atoms. The summed E-state index contributed by atoms with van der Waals surface area (Å²) in [6.45, 7) is 5.86. The fourth-order valence-electron chi connectivity index (χ4n) is 4.44. The Bertz CT molecular complexity index is 763. The van der Waals surface area contributed by atoms with Gasteiger partial charge in [-0.1, -0.05) is 49.2 Å². The highest BCUT2D eigenvalue weighted by atomic mass is 32.1. The number of aryl methyl sites for hydroxylation is 2. The number of piperidine rings is 1. The van der Waals surface area contributed by atoms with Crippen molar-refractivity contribution in [2.45, 2.75) is 71.3 Å². The fraction of sp³-hybridized carbons (Fsp3) is 0.636. The molecule has 1 aliphatic heterocycles. The normalized spacial score (nSPS) is 19.1. The Morgan fingerprint density at radius 3 is 2.56 bits per heavy atom. The van der Waals surface area contributed by atoms with Gasteiger partial charge in [0.1, 0.15) is 6.10 Å². The molecule has 1 aliphatic carbocycles. The van der Waals surface area contributed by atoms with Crippen molar-refractivity contribution < 1.29 is 9.53 Å². The van der Waals surface area contributed by atoms with E-state index in [0.717, 1.165) is 55.4 Å². The lowest BCUT2D eigenvalue weighted by atomic mass is 10.0. The number of aromatic nitrogens is 1. The number of fused-ring (bicyclic) bond motifs is 1. The highest BCUT2D eigenvalue weighted by Gasteiger charge is 2.26. The molecule has 27 heavy (non-hydrogen) atoms. The predicted molar refractivity (Wildman–Crippen MR) is 111 cm³/mol. The first-order valence-electron chi connectivity index (χ1n) is 10.4. The van der Waals surface area contributed by atoms with Gasteiger partial charge in [-0.25, -0.2) is 4.98 Å². The second-order valence-electron chi connectivity index (χ2n) is 8.24. The minimum Gasteiger partial charge on any atom is -0.467 e. The second kappa shape index (κ2) is 8.17. The SMILES string of the molecule is Cc1ccc(C)c2sc(OC3CCN(C(=O)CCC4CCCC4)CC3)nc12. The van der Waals surface area contributed by atoms with E-state index in [-0.39, 0.29) is 6.10 Å².